The van der Waals surface area contributed by atoms with Crippen LogP contribution in [0.1, 0.15) is 38.2 Å². The smallest absolute Gasteiger partial charge is 0.224 e. The summed E-state index contributed by atoms with van der Waals surface area (Å²) in [5.74, 6) is -2.62. The van der Waals surface area contributed by atoms with Crippen LogP contribution in [0.5, 0.6) is 0 Å². The van der Waals surface area contributed by atoms with Gasteiger partial charge >= 0.3 is 0 Å². The van der Waals surface area contributed by atoms with Crippen molar-refractivity contribution in [1.82, 2.24) is 4.90 Å². The maximum Gasteiger partial charge on any atom is 0.224 e. The number of piperidine rings is 1. The highest BCUT2D eigenvalue weighted by Gasteiger charge is 2.45. The molecule has 0 aromatic heterocycles. The van der Waals surface area contributed by atoms with E-state index in [1.807, 2.05) is 4.90 Å². The van der Waals surface area contributed by atoms with Gasteiger partial charge in [-0.25, -0.2) is 13.2 Å². The number of rotatable bonds is 4. The molecule has 2 unspecified atom stereocenters. The van der Waals surface area contributed by atoms with E-state index >= 15 is 0 Å². The summed E-state index contributed by atoms with van der Waals surface area (Å²) in [5.41, 5.74) is 5.94. The maximum absolute atomic E-state index is 13.7. The lowest BCUT2D eigenvalue weighted by Crippen LogP contribution is -2.45. The molecule has 126 valence electrons. The van der Waals surface area contributed by atoms with Crippen molar-refractivity contribution in [3.8, 4) is 0 Å². The first-order valence-electron chi connectivity index (χ1n) is 8.07. The molecule has 6 heteroatoms. The monoisotopic (exact) mass is 326 g/mol. The van der Waals surface area contributed by atoms with E-state index in [0.29, 0.717) is 18.0 Å². The zero-order chi connectivity index (χ0) is 16.7. The van der Waals surface area contributed by atoms with E-state index in [0.717, 1.165) is 18.9 Å². The fourth-order valence-electron chi connectivity index (χ4n) is 4.08. The predicted octanol–water partition coefficient (Wildman–Crippen LogP) is 2.76. The number of carbonyl (C=O) groups excluding carboxylic acids is 1. The van der Waals surface area contributed by atoms with Gasteiger partial charge in [-0.05, 0) is 50.2 Å². The van der Waals surface area contributed by atoms with E-state index in [1.54, 1.807) is 0 Å². The molecule has 0 spiro atoms. The van der Waals surface area contributed by atoms with Gasteiger partial charge in [-0.1, -0.05) is 0 Å². The molecule has 2 N–H and O–H groups in total. The Hall–Kier alpha value is -1.56. The summed E-state index contributed by atoms with van der Waals surface area (Å²) in [5, 5.41) is 0. The lowest BCUT2D eigenvalue weighted by Gasteiger charge is -2.34. The summed E-state index contributed by atoms with van der Waals surface area (Å²) in [6.45, 7) is 2.06. The minimum Gasteiger partial charge on any atom is -0.337 e. The molecule has 23 heavy (non-hydrogen) atoms. The second kappa shape index (κ2) is 6.15. The standard InChI is InChI=1S/C17H21F3N2O/c1-9-10-2-3-13(5-10)22(9)17(23)7-12(21)4-11-6-15(19)16(20)8-14(11)18/h6,8-10,12-13H,2-5,7,21H2,1H3/t9-,10?,12+,13?/m0/s1. The summed E-state index contributed by atoms with van der Waals surface area (Å²) < 4.78 is 39.8. The number of nitrogens with two attached hydrogens (primary N) is 1. The molecule has 2 fully saturated rings. The lowest BCUT2D eigenvalue weighted by molar-refractivity contribution is -0.135. The molecule has 1 heterocycles. The van der Waals surface area contributed by atoms with E-state index in [-0.39, 0.29) is 30.4 Å². The number of fused-ring (bicyclic) bond motifs is 2. The van der Waals surface area contributed by atoms with Crippen LogP contribution in [-0.2, 0) is 11.2 Å². The van der Waals surface area contributed by atoms with Crippen LogP contribution in [-0.4, -0.2) is 28.9 Å². The zero-order valence-corrected chi connectivity index (χ0v) is 13.1. The van der Waals surface area contributed by atoms with Crippen molar-refractivity contribution in [1.29, 1.82) is 0 Å². The topological polar surface area (TPSA) is 46.3 Å². The van der Waals surface area contributed by atoms with Crippen molar-refractivity contribution in [2.45, 2.75) is 57.2 Å². The van der Waals surface area contributed by atoms with Gasteiger partial charge in [0.2, 0.25) is 5.91 Å². The summed E-state index contributed by atoms with van der Waals surface area (Å²) >= 11 is 0. The molecular weight excluding hydrogens is 305 g/mol. The second-order valence-corrected chi connectivity index (χ2v) is 6.79. The summed E-state index contributed by atoms with van der Waals surface area (Å²) in [6, 6.07) is 1.24. The zero-order valence-electron chi connectivity index (χ0n) is 13.1. The van der Waals surface area contributed by atoms with Crippen LogP contribution in [0, 0.1) is 23.4 Å². The number of nitrogens with zero attached hydrogens (tertiary/aromatic N) is 1. The molecule has 1 saturated carbocycles. The number of benzene rings is 1. The van der Waals surface area contributed by atoms with Gasteiger partial charge in [-0.3, -0.25) is 4.79 Å². The van der Waals surface area contributed by atoms with Gasteiger partial charge in [0.25, 0.3) is 0 Å². The Labute approximate surface area is 133 Å². The molecule has 2 aliphatic rings. The Morgan fingerprint density at radius 1 is 1.26 bits per heavy atom. The van der Waals surface area contributed by atoms with Crippen molar-refractivity contribution >= 4 is 5.91 Å². The molecular formula is C17H21F3N2O. The van der Waals surface area contributed by atoms with Gasteiger partial charge in [-0.15, -0.1) is 0 Å². The van der Waals surface area contributed by atoms with E-state index in [1.165, 1.54) is 6.42 Å². The minimum atomic E-state index is -1.22. The van der Waals surface area contributed by atoms with Crippen LogP contribution >= 0.6 is 0 Å². The molecule has 1 amide bonds. The first-order chi connectivity index (χ1) is 10.9. The molecule has 1 aliphatic carbocycles. The normalized spacial score (nSPS) is 27.5. The van der Waals surface area contributed by atoms with Crippen molar-refractivity contribution in [3.63, 3.8) is 0 Å². The average Bonchev–Trinajstić information content (AvgIpc) is 3.05. The Kier molecular flexibility index (Phi) is 4.36. The van der Waals surface area contributed by atoms with Crippen LogP contribution in [0.4, 0.5) is 13.2 Å². The number of hydrogen-bond donors (Lipinski definition) is 1. The fourth-order valence-corrected chi connectivity index (χ4v) is 4.08. The van der Waals surface area contributed by atoms with Gasteiger partial charge in [-0.2, -0.15) is 0 Å². The van der Waals surface area contributed by atoms with E-state index in [2.05, 4.69) is 6.92 Å². The highest BCUT2D eigenvalue weighted by atomic mass is 19.2. The van der Waals surface area contributed by atoms with Gasteiger partial charge < -0.3 is 10.6 Å². The number of halogens is 3. The third-order valence-electron chi connectivity index (χ3n) is 5.26. The maximum atomic E-state index is 13.7. The van der Waals surface area contributed by atoms with Crippen molar-refractivity contribution < 1.29 is 18.0 Å². The van der Waals surface area contributed by atoms with Crippen LogP contribution in [0.15, 0.2) is 12.1 Å². The third kappa shape index (κ3) is 3.09. The van der Waals surface area contributed by atoms with Crippen molar-refractivity contribution in [2.75, 3.05) is 0 Å². The van der Waals surface area contributed by atoms with Crippen molar-refractivity contribution in [2.24, 2.45) is 11.7 Å². The molecule has 1 aromatic rings. The molecule has 1 aliphatic heterocycles. The molecule has 3 nitrogen and oxygen atoms in total. The summed E-state index contributed by atoms with van der Waals surface area (Å²) in [4.78, 5) is 14.4. The third-order valence-corrected chi connectivity index (χ3v) is 5.26. The van der Waals surface area contributed by atoms with E-state index < -0.39 is 23.5 Å². The van der Waals surface area contributed by atoms with Gasteiger partial charge in [0.1, 0.15) is 5.82 Å². The molecule has 4 atom stereocenters. The Morgan fingerprint density at radius 2 is 1.96 bits per heavy atom. The Balaban J connectivity index is 1.62. The number of hydrogen-bond acceptors (Lipinski definition) is 2. The minimum absolute atomic E-state index is 0.000177. The van der Waals surface area contributed by atoms with E-state index in [9.17, 15) is 18.0 Å². The van der Waals surface area contributed by atoms with Crippen LogP contribution in [0.3, 0.4) is 0 Å². The Morgan fingerprint density at radius 3 is 2.61 bits per heavy atom. The number of carbonyl (C=O) groups is 1. The average molecular weight is 326 g/mol. The van der Waals surface area contributed by atoms with Gasteiger partial charge in [0, 0.05) is 30.6 Å². The first kappa shape index (κ1) is 16.3. The van der Waals surface area contributed by atoms with Crippen LogP contribution in [0.2, 0.25) is 0 Å². The Bertz CT molecular complexity index is 620. The largest absolute Gasteiger partial charge is 0.337 e. The first-order valence-corrected chi connectivity index (χ1v) is 8.07. The summed E-state index contributed by atoms with van der Waals surface area (Å²) in [6.07, 6.45) is 3.35. The van der Waals surface area contributed by atoms with Gasteiger partial charge in [0.15, 0.2) is 11.6 Å². The number of amides is 1. The molecule has 3 rings (SSSR count). The second-order valence-electron chi connectivity index (χ2n) is 6.79. The van der Waals surface area contributed by atoms with Crippen LogP contribution < -0.4 is 5.73 Å². The predicted molar refractivity (Wildman–Crippen MR) is 80.0 cm³/mol. The quantitative estimate of drug-likeness (QED) is 0.865. The number of likely N-dealkylation sites (tertiary alicyclic amines) is 1. The fraction of sp³-hybridized carbons (Fsp3) is 0.588. The van der Waals surface area contributed by atoms with Crippen molar-refractivity contribution in [3.05, 3.63) is 35.1 Å². The molecule has 1 aromatic carbocycles. The lowest BCUT2D eigenvalue weighted by atomic mass is 9.98. The highest BCUT2D eigenvalue weighted by molar-refractivity contribution is 5.78. The SMILES string of the molecule is C[C@H]1C2CCC(C2)N1C(=O)C[C@H](N)Cc1cc(F)c(F)cc1F. The molecule has 2 bridgehead atoms. The highest BCUT2D eigenvalue weighted by Crippen LogP contribution is 2.42. The molecule has 0 radical (unpaired) electrons. The molecule has 1 saturated heterocycles. The van der Waals surface area contributed by atoms with E-state index in [4.69, 9.17) is 5.73 Å². The summed E-state index contributed by atoms with van der Waals surface area (Å²) in [7, 11) is 0. The van der Waals surface area contributed by atoms with Gasteiger partial charge in [0.05, 0.1) is 0 Å². The van der Waals surface area contributed by atoms with Crippen LogP contribution in [0.25, 0.3) is 0 Å².